The molecular formula is C10H11ClOS. The Hall–Kier alpha value is -0.180. The van der Waals surface area contributed by atoms with Gasteiger partial charge < -0.3 is 5.11 Å². The first kappa shape index (κ1) is 9.38. The van der Waals surface area contributed by atoms with Crippen molar-refractivity contribution in [2.45, 2.75) is 12.0 Å². The average molecular weight is 215 g/mol. The Morgan fingerprint density at radius 3 is 2.54 bits per heavy atom. The zero-order valence-corrected chi connectivity index (χ0v) is 8.74. The van der Waals surface area contributed by atoms with Gasteiger partial charge in [-0.25, -0.2) is 0 Å². The Kier molecular flexibility index (Phi) is 2.54. The van der Waals surface area contributed by atoms with E-state index in [0.717, 1.165) is 28.5 Å². The van der Waals surface area contributed by atoms with Gasteiger partial charge in [0.15, 0.2) is 0 Å². The van der Waals surface area contributed by atoms with Gasteiger partial charge in [-0.05, 0) is 29.9 Å². The number of hydrogen-bond acceptors (Lipinski definition) is 2. The van der Waals surface area contributed by atoms with Crippen molar-refractivity contribution >= 4 is 23.4 Å². The molecule has 0 aromatic heterocycles. The zero-order valence-electron chi connectivity index (χ0n) is 7.16. The van der Waals surface area contributed by atoms with Crippen molar-refractivity contribution in [3.63, 3.8) is 0 Å². The minimum absolute atomic E-state index is 0.616. The molecule has 1 unspecified atom stereocenters. The molecule has 1 saturated heterocycles. The number of rotatable bonds is 1. The van der Waals surface area contributed by atoms with E-state index in [9.17, 15) is 5.11 Å². The van der Waals surface area contributed by atoms with Gasteiger partial charge in [-0.1, -0.05) is 23.7 Å². The van der Waals surface area contributed by atoms with Crippen molar-refractivity contribution in [3.05, 3.63) is 34.9 Å². The average Bonchev–Trinajstić information content (AvgIpc) is 2.54. The van der Waals surface area contributed by atoms with Gasteiger partial charge in [0.05, 0.1) is 5.60 Å². The molecule has 3 heteroatoms. The third-order valence-corrected chi connectivity index (χ3v) is 3.81. The molecular weight excluding hydrogens is 204 g/mol. The van der Waals surface area contributed by atoms with Gasteiger partial charge in [-0.2, -0.15) is 11.8 Å². The number of hydrogen-bond donors (Lipinski definition) is 1. The molecule has 1 fully saturated rings. The Bertz CT molecular complexity index is 290. The molecule has 13 heavy (non-hydrogen) atoms. The summed E-state index contributed by atoms with van der Waals surface area (Å²) in [7, 11) is 0. The third-order valence-electron chi connectivity index (χ3n) is 2.38. The Labute approximate surface area is 87.1 Å². The van der Waals surface area contributed by atoms with Crippen LogP contribution in [0, 0.1) is 0 Å². The Morgan fingerprint density at radius 1 is 1.31 bits per heavy atom. The molecule has 1 aliphatic rings. The van der Waals surface area contributed by atoms with Crippen LogP contribution in [-0.4, -0.2) is 16.6 Å². The van der Waals surface area contributed by atoms with Gasteiger partial charge in [0.25, 0.3) is 0 Å². The second-order valence-corrected chi connectivity index (χ2v) is 4.88. The summed E-state index contributed by atoms with van der Waals surface area (Å²) in [5.74, 6) is 1.84. The third kappa shape index (κ3) is 1.85. The standard InChI is InChI=1S/C10H11ClOS/c11-9-3-1-8(2-4-9)10(12)5-6-13-7-10/h1-4,12H,5-7H2. The first-order valence-corrected chi connectivity index (χ1v) is 5.80. The molecule has 2 rings (SSSR count). The van der Waals surface area contributed by atoms with Crippen LogP contribution in [0.2, 0.25) is 5.02 Å². The van der Waals surface area contributed by atoms with E-state index in [1.54, 1.807) is 11.8 Å². The van der Waals surface area contributed by atoms with Crippen molar-refractivity contribution in [3.8, 4) is 0 Å². The molecule has 0 aliphatic carbocycles. The van der Waals surface area contributed by atoms with Crippen molar-refractivity contribution in [1.82, 2.24) is 0 Å². The van der Waals surface area contributed by atoms with Crippen LogP contribution >= 0.6 is 23.4 Å². The van der Waals surface area contributed by atoms with E-state index < -0.39 is 5.60 Å². The number of aliphatic hydroxyl groups is 1. The van der Waals surface area contributed by atoms with Crippen LogP contribution < -0.4 is 0 Å². The maximum atomic E-state index is 10.2. The summed E-state index contributed by atoms with van der Waals surface area (Å²) in [5, 5.41) is 10.9. The molecule has 0 radical (unpaired) electrons. The summed E-state index contributed by atoms with van der Waals surface area (Å²) in [4.78, 5) is 0. The van der Waals surface area contributed by atoms with E-state index in [1.165, 1.54) is 0 Å². The van der Waals surface area contributed by atoms with Crippen LogP contribution in [0.15, 0.2) is 24.3 Å². The molecule has 1 N–H and O–H groups in total. The predicted molar refractivity (Wildman–Crippen MR) is 57.3 cm³/mol. The van der Waals surface area contributed by atoms with Crippen LogP contribution in [-0.2, 0) is 5.60 Å². The highest BCUT2D eigenvalue weighted by molar-refractivity contribution is 7.99. The summed E-state index contributed by atoms with van der Waals surface area (Å²) in [6, 6.07) is 7.48. The lowest BCUT2D eigenvalue weighted by Crippen LogP contribution is -2.24. The van der Waals surface area contributed by atoms with Crippen molar-refractivity contribution in [2.75, 3.05) is 11.5 Å². The monoisotopic (exact) mass is 214 g/mol. The lowest BCUT2D eigenvalue weighted by atomic mass is 9.94. The molecule has 0 spiro atoms. The summed E-state index contributed by atoms with van der Waals surface area (Å²) in [6.07, 6.45) is 0.847. The predicted octanol–water partition coefficient (Wildman–Crippen LogP) is 2.66. The molecule has 1 atom stereocenters. The molecule has 1 nitrogen and oxygen atoms in total. The van der Waals surface area contributed by atoms with Gasteiger partial charge in [0, 0.05) is 10.8 Å². The highest BCUT2D eigenvalue weighted by Gasteiger charge is 2.33. The van der Waals surface area contributed by atoms with Crippen molar-refractivity contribution in [2.24, 2.45) is 0 Å². The minimum atomic E-state index is -0.616. The highest BCUT2D eigenvalue weighted by Crippen LogP contribution is 2.36. The first-order valence-electron chi connectivity index (χ1n) is 4.27. The van der Waals surface area contributed by atoms with Crippen molar-refractivity contribution < 1.29 is 5.11 Å². The molecule has 1 aromatic carbocycles. The molecule has 1 aromatic rings. The summed E-state index contributed by atoms with van der Waals surface area (Å²) in [5.41, 5.74) is 0.372. The van der Waals surface area contributed by atoms with Crippen LogP contribution in [0.25, 0.3) is 0 Å². The van der Waals surface area contributed by atoms with Gasteiger partial charge in [-0.3, -0.25) is 0 Å². The van der Waals surface area contributed by atoms with E-state index in [4.69, 9.17) is 11.6 Å². The number of halogens is 1. The first-order chi connectivity index (χ1) is 6.21. The van der Waals surface area contributed by atoms with E-state index in [1.807, 2.05) is 24.3 Å². The van der Waals surface area contributed by atoms with Crippen LogP contribution in [0.1, 0.15) is 12.0 Å². The molecule has 1 heterocycles. The second-order valence-electron chi connectivity index (χ2n) is 3.34. The van der Waals surface area contributed by atoms with E-state index in [-0.39, 0.29) is 0 Å². The van der Waals surface area contributed by atoms with Gasteiger partial charge in [-0.15, -0.1) is 0 Å². The van der Waals surface area contributed by atoms with Gasteiger partial charge in [0.2, 0.25) is 0 Å². The molecule has 1 aliphatic heterocycles. The van der Waals surface area contributed by atoms with E-state index >= 15 is 0 Å². The number of thioether (sulfide) groups is 1. The zero-order chi connectivity index (χ0) is 9.31. The van der Waals surface area contributed by atoms with Crippen molar-refractivity contribution in [1.29, 1.82) is 0 Å². The van der Waals surface area contributed by atoms with Crippen LogP contribution in [0.4, 0.5) is 0 Å². The fraction of sp³-hybridized carbons (Fsp3) is 0.400. The Balaban J connectivity index is 2.29. The van der Waals surface area contributed by atoms with E-state index in [0.29, 0.717) is 0 Å². The molecule has 0 bridgehead atoms. The minimum Gasteiger partial charge on any atom is -0.384 e. The van der Waals surface area contributed by atoms with E-state index in [2.05, 4.69) is 0 Å². The lowest BCUT2D eigenvalue weighted by molar-refractivity contribution is 0.0658. The maximum Gasteiger partial charge on any atom is 0.0994 e. The van der Waals surface area contributed by atoms with Gasteiger partial charge >= 0.3 is 0 Å². The fourth-order valence-electron chi connectivity index (χ4n) is 1.54. The van der Waals surface area contributed by atoms with Crippen LogP contribution in [0.3, 0.4) is 0 Å². The highest BCUT2D eigenvalue weighted by atomic mass is 35.5. The van der Waals surface area contributed by atoms with Gasteiger partial charge in [0.1, 0.15) is 0 Å². The summed E-state index contributed by atoms with van der Waals surface area (Å²) in [6.45, 7) is 0. The molecule has 70 valence electrons. The topological polar surface area (TPSA) is 20.2 Å². The Morgan fingerprint density at radius 2 is 2.00 bits per heavy atom. The second kappa shape index (κ2) is 3.52. The normalized spacial score (nSPS) is 27.8. The summed E-state index contributed by atoms with van der Waals surface area (Å²) >= 11 is 7.57. The largest absolute Gasteiger partial charge is 0.384 e. The smallest absolute Gasteiger partial charge is 0.0994 e. The maximum absolute atomic E-state index is 10.2. The lowest BCUT2D eigenvalue weighted by Gasteiger charge is -2.21. The SMILES string of the molecule is OC1(c2ccc(Cl)cc2)CCSC1. The van der Waals surface area contributed by atoms with Crippen LogP contribution in [0.5, 0.6) is 0 Å². The molecule has 0 amide bonds. The quantitative estimate of drug-likeness (QED) is 0.776. The fourth-order valence-corrected chi connectivity index (χ4v) is 2.94. The number of benzene rings is 1. The summed E-state index contributed by atoms with van der Waals surface area (Å²) < 4.78 is 0. The molecule has 0 saturated carbocycles.